The van der Waals surface area contributed by atoms with E-state index in [0.717, 1.165) is 11.3 Å². The Kier molecular flexibility index (Phi) is 3.10. The largest absolute Gasteiger partial charge is 0.295 e. The molecule has 0 amide bonds. The second kappa shape index (κ2) is 4.71. The van der Waals surface area contributed by atoms with Crippen molar-refractivity contribution in [3.05, 3.63) is 46.2 Å². The number of nitrogens with one attached hydrogen (secondary N) is 1. The predicted octanol–water partition coefficient (Wildman–Crippen LogP) is 2.07. The van der Waals surface area contributed by atoms with E-state index >= 15 is 0 Å². The summed E-state index contributed by atoms with van der Waals surface area (Å²) in [5.74, 6) is 0. The minimum atomic E-state index is -0.0564. The van der Waals surface area contributed by atoms with Crippen molar-refractivity contribution < 1.29 is 0 Å². The van der Waals surface area contributed by atoms with Gasteiger partial charge in [-0.15, -0.1) is 0 Å². The van der Waals surface area contributed by atoms with Crippen molar-refractivity contribution in [2.45, 2.75) is 19.9 Å². The Hall–Kier alpha value is -2.28. The van der Waals surface area contributed by atoms with Crippen LogP contribution < -0.4 is 5.56 Å². The van der Waals surface area contributed by atoms with Crippen LogP contribution in [0.25, 0.3) is 11.3 Å². The van der Waals surface area contributed by atoms with Crippen molar-refractivity contribution >= 4 is 0 Å². The van der Waals surface area contributed by atoms with Crippen LogP contribution in [0.4, 0.5) is 0 Å². The van der Waals surface area contributed by atoms with Gasteiger partial charge in [-0.1, -0.05) is 30.3 Å². The summed E-state index contributed by atoms with van der Waals surface area (Å²) in [5, 5.41) is 11.6. The van der Waals surface area contributed by atoms with Gasteiger partial charge in [0.2, 0.25) is 0 Å². The number of benzene rings is 1. The fourth-order valence-corrected chi connectivity index (χ4v) is 1.78. The number of aryl methyl sites for hydroxylation is 1. The van der Waals surface area contributed by atoms with Crippen molar-refractivity contribution in [1.82, 2.24) is 9.78 Å². The Bertz CT molecular complexity index is 602. The summed E-state index contributed by atoms with van der Waals surface area (Å²) in [7, 11) is 0. The second-order valence-electron chi connectivity index (χ2n) is 3.84. The Morgan fingerprint density at radius 1 is 1.35 bits per heavy atom. The molecule has 0 atom stereocenters. The smallest absolute Gasteiger partial charge is 0.270 e. The van der Waals surface area contributed by atoms with Crippen LogP contribution in [0.1, 0.15) is 12.0 Å². The number of nitrogens with zero attached hydrogens (tertiary/aromatic N) is 2. The molecular formula is C13H13N3O. The highest BCUT2D eigenvalue weighted by atomic mass is 16.1. The SMILES string of the molecule is Cc1c(-c2ccccc2)[nH]n(CCC#N)c1=O. The summed E-state index contributed by atoms with van der Waals surface area (Å²) in [6, 6.07) is 11.7. The maximum absolute atomic E-state index is 11.9. The van der Waals surface area contributed by atoms with Crippen molar-refractivity contribution in [2.75, 3.05) is 0 Å². The number of rotatable bonds is 3. The maximum Gasteiger partial charge on any atom is 0.270 e. The van der Waals surface area contributed by atoms with Crippen LogP contribution in [0.3, 0.4) is 0 Å². The fraction of sp³-hybridized carbons (Fsp3) is 0.231. The molecule has 2 rings (SSSR count). The van der Waals surface area contributed by atoms with Crippen LogP contribution in [0.5, 0.6) is 0 Å². The molecule has 1 aromatic carbocycles. The van der Waals surface area contributed by atoms with Crippen LogP contribution in [0.2, 0.25) is 0 Å². The Labute approximate surface area is 99.1 Å². The molecule has 0 saturated heterocycles. The lowest BCUT2D eigenvalue weighted by atomic mass is 10.1. The van der Waals surface area contributed by atoms with Crippen LogP contribution in [0.15, 0.2) is 35.1 Å². The van der Waals surface area contributed by atoms with E-state index in [0.29, 0.717) is 18.5 Å². The average molecular weight is 227 g/mol. The predicted molar refractivity (Wildman–Crippen MR) is 65.5 cm³/mol. The Morgan fingerprint density at radius 2 is 2.06 bits per heavy atom. The van der Waals surface area contributed by atoms with Crippen LogP contribution in [-0.2, 0) is 6.54 Å². The molecule has 1 aromatic heterocycles. The minimum Gasteiger partial charge on any atom is -0.295 e. The molecule has 0 fully saturated rings. The lowest BCUT2D eigenvalue weighted by Gasteiger charge is -1.99. The molecule has 0 spiro atoms. The van der Waals surface area contributed by atoms with Gasteiger partial charge in [-0.2, -0.15) is 5.26 Å². The molecule has 2 aromatic rings. The van der Waals surface area contributed by atoms with Gasteiger partial charge in [0, 0.05) is 5.56 Å². The van der Waals surface area contributed by atoms with Gasteiger partial charge in [-0.3, -0.25) is 14.6 Å². The van der Waals surface area contributed by atoms with Gasteiger partial charge < -0.3 is 0 Å². The molecule has 17 heavy (non-hydrogen) atoms. The summed E-state index contributed by atoms with van der Waals surface area (Å²) in [4.78, 5) is 11.9. The topological polar surface area (TPSA) is 61.6 Å². The number of hydrogen-bond donors (Lipinski definition) is 1. The molecule has 1 heterocycles. The quantitative estimate of drug-likeness (QED) is 0.872. The first-order valence-electron chi connectivity index (χ1n) is 5.46. The molecular weight excluding hydrogens is 214 g/mol. The highest BCUT2D eigenvalue weighted by Gasteiger charge is 2.10. The van der Waals surface area contributed by atoms with E-state index in [1.165, 1.54) is 4.68 Å². The van der Waals surface area contributed by atoms with E-state index < -0.39 is 0 Å². The van der Waals surface area contributed by atoms with Crippen molar-refractivity contribution in [2.24, 2.45) is 0 Å². The Balaban J connectivity index is 2.44. The van der Waals surface area contributed by atoms with E-state index in [4.69, 9.17) is 5.26 Å². The zero-order valence-electron chi connectivity index (χ0n) is 9.60. The molecule has 0 aliphatic heterocycles. The second-order valence-corrected chi connectivity index (χ2v) is 3.84. The van der Waals surface area contributed by atoms with Crippen molar-refractivity contribution in [3.8, 4) is 17.3 Å². The first-order chi connectivity index (χ1) is 8.24. The molecule has 4 heteroatoms. The number of aromatic nitrogens is 2. The number of H-pyrrole nitrogens is 1. The number of aromatic amines is 1. The van der Waals surface area contributed by atoms with Gasteiger partial charge in [0.1, 0.15) is 0 Å². The van der Waals surface area contributed by atoms with Gasteiger partial charge in [0.25, 0.3) is 5.56 Å². The highest BCUT2D eigenvalue weighted by molar-refractivity contribution is 5.61. The zero-order valence-corrected chi connectivity index (χ0v) is 9.60. The van der Waals surface area contributed by atoms with E-state index in [-0.39, 0.29) is 5.56 Å². The molecule has 4 nitrogen and oxygen atoms in total. The highest BCUT2D eigenvalue weighted by Crippen LogP contribution is 2.18. The molecule has 0 radical (unpaired) electrons. The lowest BCUT2D eigenvalue weighted by Crippen LogP contribution is -2.17. The van der Waals surface area contributed by atoms with Gasteiger partial charge in [0.15, 0.2) is 0 Å². The molecule has 0 aliphatic rings. The van der Waals surface area contributed by atoms with Crippen LogP contribution in [0, 0.1) is 18.3 Å². The van der Waals surface area contributed by atoms with Crippen LogP contribution >= 0.6 is 0 Å². The Morgan fingerprint density at radius 3 is 2.71 bits per heavy atom. The van der Waals surface area contributed by atoms with E-state index in [2.05, 4.69) is 5.10 Å². The standard InChI is InChI=1S/C13H13N3O/c1-10-12(11-6-3-2-4-7-11)15-16(13(10)17)9-5-8-14/h2-4,6-7,15H,5,9H2,1H3. The van der Waals surface area contributed by atoms with Gasteiger partial charge in [0.05, 0.1) is 24.7 Å². The summed E-state index contributed by atoms with van der Waals surface area (Å²) >= 11 is 0. The average Bonchev–Trinajstić information content (AvgIpc) is 2.65. The molecule has 0 saturated carbocycles. The number of nitriles is 1. The molecule has 0 bridgehead atoms. The first kappa shape index (κ1) is 11.2. The third-order valence-electron chi connectivity index (χ3n) is 2.70. The van der Waals surface area contributed by atoms with E-state index in [1.54, 1.807) is 6.92 Å². The van der Waals surface area contributed by atoms with Crippen molar-refractivity contribution in [1.29, 1.82) is 5.26 Å². The molecule has 0 unspecified atom stereocenters. The van der Waals surface area contributed by atoms with Crippen LogP contribution in [-0.4, -0.2) is 9.78 Å². The third kappa shape index (κ3) is 2.13. The maximum atomic E-state index is 11.9. The van der Waals surface area contributed by atoms with Crippen molar-refractivity contribution in [3.63, 3.8) is 0 Å². The number of hydrogen-bond acceptors (Lipinski definition) is 2. The molecule has 86 valence electrons. The lowest BCUT2D eigenvalue weighted by molar-refractivity contribution is 0.609. The van der Waals surface area contributed by atoms with Gasteiger partial charge in [-0.25, -0.2) is 0 Å². The molecule has 1 N–H and O–H groups in total. The zero-order chi connectivity index (χ0) is 12.3. The first-order valence-corrected chi connectivity index (χ1v) is 5.46. The summed E-state index contributed by atoms with van der Waals surface area (Å²) in [6.07, 6.45) is 0.327. The third-order valence-corrected chi connectivity index (χ3v) is 2.70. The monoisotopic (exact) mass is 227 g/mol. The van der Waals surface area contributed by atoms with E-state index in [1.807, 2.05) is 36.4 Å². The molecule has 0 aliphatic carbocycles. The summed E-state index contributed by atoms with van der Waals surface area (Å²) in [6.45, 7) is 2.20. The summed E-state index contributed by atoms with van der Waals surface area (Å²) in [5.41, 5.74) is 2.44. The van der Waals surface area contributed by atoms with Gasteiger partial charge >= 0.3 is 0 Å². The van der Waals surface area contributed by atoms with E-state index in [9.17, 15) is 4.79 Å². The summed E-state index contributed by atoms with van der Waals surface area (Å²) < 4.78 is 1.49. The minimum absolute atomic E-state index is 0.0564. The van der Waals surface area contributed by atoms with Gasteiger partial charge in [-0.05, 0) is 12.5 Å². The fourth-order valence-electron chi connectivity index (χ4n) is 1.78. The normalized spacial score (nSPS) is 10.1.